The van der Waals surface area contributed by atoms with Crippen LogP contribution in [0.3, 0.4) is 0 Å². The molecular weight excluding hydrogens is 263 g/mol. The number of halogens is 2. The Hall–Kier alpha value is -0.560. The maximum absolute atomic E-state index is 12.2. The van der Waals surface area contributed by atoms with Gasteiger partial charge < -0.3 is 0 Å². The van der Waals surface area contributed by atoms with Crippen LogP contribution in [0, 0.1) is 6.92 Å². The van der Waals surface area contributed by atoms with Crippen LogP contribution in [0.2, 0.25) is 0 Å². The molecule has 13 heavy (non-hydrogen) atoms. The molecule has 0 bridgehead atoms. The first-order valence-electron chi connectivity index (χ1n) is 3.28. The Morgan fingerprint density at radius 2 is 2.00 bits per heavy atom. The molecule has 0 amide bonds. The van der Waals surface area contributed by atoms with Crippen LogP contribution in [0.5, 0.6) is 0 Å². The number of nitrogens with zero attached hydrogens (tertiary/aromatic N) is 2. The van der Waals surface area contributed by atoms with E-state index in [4.69, 9.17) is 0 Å². The van der Waals surface area contributed by atoms with Gasteiger partial charge in [0.05, 0.1) is 4.60 Å². The predicted molar refractivity (Wildman–Crippen MR) is 52.5 cm³/mol. The number of aromatic nitrogens is 2. The van der Waals surface area contributed by atoms with E-state index in [1.165, 1.54) is 14.0 Å². The van der Waals surface area contributed by atoms with E-state index in [1.807, 2.05) is 0 Å². The maximum atomic E-state index is 12.2. The van der Waals surface area contributed by atoms with Crippen molar-refractivity contribution < 1.29 is 3.89 Å². The van der Waals surface area contributed by atoms with Crippen LogP contribution in [-0.2, 0) is 7.05 Å². The van der Waals surface area contributed by atoms with Gasteiger partial charge in [0, 0.05) is 12.6 Å². The molecule has 0 radical (unpaired) electrons. The van der Waals surface area contributed by atoms with Gasteiger partial charge in [0.25, 0.3) is 5.56 Å². The van der Waals surface area contributed by atoms with Gasteiger partial charge in [-0.05, 0) is 22.9 Å². The van der Waals surface area contributed by atoms with E-state index >= 15 is 0 Å². The largest absolute Gasteiger partial charge is 0.343 e. The van der Waals surface area contributed by atoms with Gasteiger partial charge in [0.2, 0.25) is 0 Å². The lowest BCUT2D eigenvalue weighted by Gasteiger charge is -2.06. The third kappa shape index (κ3) is 1.58. The minimum absolute atomic E-state index is 0.298. The Bertz CT molecular complexity index is 416. The molecule has 0 aliphatic rings. The Labute approximate surface area is 85.9 Å². The summed E-state index contributed by atoms with van der Waals surface area (Å²) in [5, 5.41) is 0. The molecule has 0 saturated carbocycles. The van der Waals surface area contributed by atoms with Crippen LogP contribution in [0.15, 0.2) is 14.2 Å². The fraction of sp³-hybridized carbons (Fsp3) is 0.333. The minimum atomic E-state index is -0.699. The average Bonchev–Trinajstić information content (AvgIpc) is 2.13. The highest BCUT2D eigenvalue weighted by Gasteiger charge is 2.12. The molecule has 1 rings (SSSR count). The van der Waals surface area contributed by atoms with Gasteiger partial charge in [-0.25, -0.2) is 4.79 Å². The Morgan fingerprint density at radius 1 is 1.46 bits per heavy atom. The number of hydrogen-bond acceptors (Lipinski definition) is 3. The van der Waals surface area contributed by atoms with Crippen LogP contribution in [0.25, 0.3) is 0 Å². The van der Waals surface area contributed by atoms with Crippen LogP contribution in [-0.4, -0.2) is 8.54 Å². The van der Waals surface area contributed by atoms with Crippen LogP contribution in [0.4, 0.5) is 3.89 Å². The molecule has 7 heteroatoms. The quantitative estimate of drug-likeness (QED) is 0.714. The second kappa shape index (κ2) is 3.67. The first-order chi connectivity index (χ1) is 6.00. The van der Waals surface area contributed by atoms with Gasteiger partial charge in [0.15, 0.2) is 12.3 Å². The third-order valence-corrected chi connectivity index (χ3v) is 3.23. The normalized spacial score (nSPS) is 10.5. The molecule has 1 aromatic heterocycles. The van der Waals surface area contributed by atoms with E-state index in [0.29, 0.717) is 14.1 Å². The third-order valence-electron chi connectivity index (χ3n) is 1.64. The first-order valence-corrected chi connectivity index (χ1v) is 4.74. The fourth-order valence-corrected chi connectivity index (χ4v) is 1.56. The lowest BCUT2D eigenvalue weighted by atomic mass is 10.4. The van der Waals surface area contributed by atoms with E-state index in [0.717, 1.165) is 4.57 Å². The molecule has 4 nitrogen and oxygen atoms in total. The fourth-order valence-electron chi connectivity index (χ4n) is 0.860. The lowest BCUT2D eigenvalue weighted by Crippen LogP contribution is -2.37. The molecule has 72 valence electrons. The predicted octanol–water partition coefficient (Wildman–Crippen LogP) is 0.999. The molecule has 0 fully saturated rings. The molecule has 0 spiro atoms. The van der Waals surface area contributed by atoms with Crippen molar-refractivity contribution in [1.82, 2.24) is 8.54 Å². The minimum Gasteiger partial charge on any atom is -0.289 e. The SMILES string of the molecule is Cc1c(Br)n(C)c(=O)n(SF)c1=O. The lowest BCUT2D eigenvalue weighted by molar-refractivity contribution is 0.736. The van der Waals surface area contributed by atoms with Crippen molar-refractivity contribution in [2.24, 2.45) is 7.05 Å². The molecule has 1 aromatic rings. The topological polar surface area (TPSA) is 44.0 Å². The van der Waals surface area contributed by atoms with E-state index in [1.54, 1.807) is 0 Å². The van der Waals surface area contributed by atoms with Crippen molar-refractivity contribution in [3.63, 3.8) is 0 Å². The summed E-state index contributed by atoms with van der Waals surface area (Å²) < 4.78 is 14.2. The van der Waals surface area contributed by atoms with Crippen molar-refractivity contribution in [3.8, 4) is 0 Å². The molecule has 1 heterocycles. The van der Waals surface area contributed by atoms with Gasteiger partial charge in [0.1, 0.15) is 0 Å². The zero-order valence-electron chi connectivity index (χ0n) is 6.88. The Morgan fingerprint density at radius 3 is 2.46 bits per heavy atom. The zero-order valence-corrected chi connectivity index (χ0v) is 9.28. The number of rotatable bonds is 1. The summed E-state index contributed by atoms with van der Waals surface area (Å²) in [6.07, 6.45) is 0. The van der Waals surface area contributed by atoms with Crippen molar-refractivity contribution in [1.29, 1.82) is 0 Å². The summed E-state index contributed by atoms with van der Waals surface area (Å²) in [4.78, 5) is 22.5. The first kappa shape index (κ1) is 10.5. The van der Waals surface area contributed by atoms with E-state index in [-0.39, 0.29) is 0 Å². The standard InChI is InChI=1S/C6H6BrFN2O2S/c1-3-4(7)9(2)6(12)10(13-8)5(3)11/h1-2H3. The molecule has 0 aromatic carbocycles. The van der Waals surface area contributed by atoms with Gasteiger partial charge in [-0.15, -0.1) is 3.89 Å². The van der Waals surface area contributed by atoms with Crippen molar-refractivity contribution >= 4 is 28.3 Å². The maximum Gasteiger partial charge on any atom is 0.343 e. The van der Waals surface area contributed by atoms with Crippen LogP contribution in [0.1, 0.15) is 5.56 Å². The molecule has 0 aliphatic carbocycles. The van der Waals surface area contributed by atoms with Crippen LogP contribution < -0.4 is 11.2 Å². The van der Waals surface area contributed by atoms with Gasteiger partial charge >= 0.3 is 5.69 Å². The molecular formula is C6H6BrFN2O2S. The van der Waals surface area contributed by atoms with Gasteiger partial charge in [-0.3, -0.25) is 9.36 Å². The highest BCUT2D eigenvalue weighted by atomic mass is 79.9. The Balaban J connectivity index is 3.78. The average molecular weight is 269 g/mol. The smallest absolute Gasteiger partial charge is 0.289 e. The molecule has 0 unspecified atom stereocenters. The summed E-state index contributed by atoms with van der Waals surface area (Å²) >= 11 is 2.67. The van der Waals surface area contributed by atoms with E-state index in [9.17, 15) is 13.5 Å². The van der Waals surface area contributed by atoms with Gasteiger partial charge in [-0.1, -0.05) is 0 Å². The van der Waals surface area contributed by atoms with Crippen LogP contribution >= 0.6 is 28.3 Å². The molecule has 0 atom stereocenters. The second-order valence-corrected chi connectivity index (χ2v) is 3.68. The van der Waals surface area contributed by atoms with Crippen molar-refractivity contribution in [2.75, 3.05) is 0 Å². The summed E-state index contributed by atoms with van der Waals surface area (Å²) in [5.41, 5.74) is -1.04. The zero-order chi connectivity index (χ0) is 10.2. The summed E-state index contributed by atoms with van der Waals surface area (Å²) in [6, 6.07) is 0. The van der Waals surface area contributed by atoms with Crippen molar-refractivity contribution in [2.45, 2.75) is 6.92 Å². The summed E-state index contributed by atoms with van der Waals surface area (Å²) in [5.74, 6) is 0. The summed E-state index contributed by atoms with van der Waals surface area (Å²) in [7, 11) is 1.45. The van der Waals surface area contributed by atoms with Crippen molar-refractivity contribution in [3.05, 3.63) is 31.0 Å². The summed E-state index contributed by atoms with van der Waals surface area (Å²) in [6.45, 7) is 1.51. The molecule has 0 aliphatic heterocycles. The Kier molecular flexibility index (Phi) is 2.97. The number of hydrogen-bond donors (Lipinski definition) is 0. The highest BCUT2D eigenvalue weighted by Crippen LogP contribution is 2.09. The highest BCUT2D eigenvalue weighted by molar-refractivity contribution is 9.10. The van der Waals surface area contributed by atoms with Gasteiger partial charge in [-0.2, -0.15) is 3.97 Å². The monoisotopic (exact) mass is 268 g/mol. The van der Waals surface area contributed by atoms with E-state index in [2.05, 4.69) is 15.9 Å². The second-order valence-electron chi connectivity index (χ2n) is 2.43. The molecule has 0 N–H and O–H groups in total. The molecule has 0 saturated heterocycles. The van der Waals surface area contributed by atoms with E-state index < -0.39 is 23.6 Å².